The van der Waals surface area contributed by atoms with Gasteiger partial charge in [0, 0.05) is 46.4 Å². The fraction of sp³-hybridized carbons (Fsp3) is 0.167. The van der Waals surface area contributed by atoms with E-state index >= 15 is 0 Å². The first-order valence-corrected chi connectivity index (χ1v) is 10.5. The number of nitro groups is 1. The van der Waals surface area contributed by atoms with E-state index in [0.717, 1.165) is 17.9 Å². The average Bonchev–Trinajstić information content (AvgIpc) is 3.07. The van der Waals surface area contributed by atoms with Crippen LogP contribution in [0.2, 0.25) is 0 Å². The second-order valence-corrected chi connectivity index (χ2v) is 8.30. The molecule has 4 aromatic rings. The highest BCUT2D eigenvalue weighted by molar-refractivity contribution is 7.98. The lowest BCUT2D eigenvalue weighted by atomic mass is 10.1. The van der Waals surface area contributed by atoms with Crippen molar-refractivity contribution in [1.82, 2.24) is 4.57 Å². The van der Waals surface area contributed by atoms with Crippen molar-refractivity contribution in [3.63, 3.8) is 0 Å². The number of rotatable bonds is 6. The van der Waals surface area contributed by atoms with Crippen LogP contribution >= 0.6 is 11.8 Å². The second-order valence-electron chi connectivity index (χ2n) is 7.28. The lowest BCUT2D eigenvalue weighted by Gasteiger charge is -2.09. The van der Waals surface area contributed by atoms with E-state index in [1.165, 1.54) is 32.5 Å². The summed E-state index contributed by atoms with van der Waals surface area (Å²) >= 11 is 1.77. The highest BCUT2D eigenvalue weighted by Gasteiger charge is 2.11. The van der Waals surface area contributed by atoms with Crippen LogP contribution in [0.25, 0.3) is 10.9 Å². The van der Waals surface area contributed by atoms with Crippen molar-refractivity contribution < 1.29 is 4.92 Å². The summed E-state index contributed by atoms with van der Waals surface area (Å²) in [4.78, 5) is 11.7. The second kappa shape index (κ2) is 8.13. The molecule has 0 saturated heterocycles. The Labute approximate surface area is 174 Å². The maximum Gasteiger partial charge on any atom is 0.269 e. The van der Waals surface area contributed by atoms with Crippen LogP contribution in [0.3, 0.4) is 0 Å². The highest BCUT2D eigenvalue weighted by Crippen LogP contribution is 2.33. The number of hydrogen-bond donors (Lipinski definition) is 0. The van der Waals surface area contributed by atoms with Gasteiger partial charge >= 0.3 is 0 Å². The Morgan fingerprint density at radius 2 is 1.76 bits per heavy atom. The summed E-state index contributed by atoms with van der Waals surface area (Å²) in [5.74, 6) is 0.773. The number of fused-ring (bicyclic) bond motifs is 1. The van der Waals surface area contributed by atoms with Gasteiger partial charge in [0.2, 0.25) is 0 Å². The number of hydrogen-bond acceptors (Lipinski definition) is 3. The molecule has 0 radical (unpaired) electrons. The van der Waals surface area contributed by atoms with Crippen molar-refractivity contribution in [1.29, 1.82) is 0 Å². The van der Waals surface area contributed by atoms with Crippen molar-refractivity contribution >= 4 is 28.4 Å². The summed E-state index contributed by atoms with van der Waals surface area (Å²) < 4.78 is 2.31. The molecule has 0 aliphatic heterocycles. The molecule has 0 amide bonds. The molecule has 29 heavy (non-hydrogen) atoms. The number of nitro benzene ring substituents is 1. The third kappa shape index (κ3) is 4.20. The number of nitrogens with zero attached hydrogens (tertiary/aromatic N) is 2. The lowest BCUT2D eigenvalue weighted by molar-refractivity contribution is -0.384. The van der Waals surface area contributed by atoms with Crippen molar-refractivity contribution in [2.24, 2.45) is 0 Å². The quantitative estimate of drug-likeness (QED) is 0.210. The van der Waals surface area contributed by atoms with E-state index in [2.05, 4.69) is 67.1 Å². The molecule has 4 rings (SSSR count). The number of thioether (sulfide) groups is 1. The molecule has 3 aromatic carbocycles. The smallest absolute Gasteiger partial charge is 0.269 e. The molecule has 0 saturated carbocycles. The molecule has 0 spiro atoms. The summed E-state index contributed by atoms with van der Waals surface area (Å²) in [5, 5.41) is 12.1. The summed E-state index contributed by atoms with van der Waals surface area (Å²) in [7, 11) is 0. The van der Waals surface area contributed by atoms with Gasteiger partial charge in [0.25, 0.3) is 5.69 Å². The van der Waals surface area contributed by atoms with E-state index in [4.69, 9.17) is 0 Å². The van der Waals surface area contributed by atoms with Gasteiger partial charge in [0.15, 0.2) is 0 Å². The summed E-state index contributed by atoms with van der Waals surface area (Å²) in [6.45, 7) is 5.12. The third-order valence-electron chi connectivity index (χ3n) is 5.14. The standard InChI is InChI=1S/C24H22N2O2S/c1-17-7-8-18(2)20(13-17)14-25-15-24(22-5-3-4-6-23(22)25)29-16-19-9-11-21(12-10-19)26(27)28/h3-13,15H,14,16H2,1-2H3. The minimum Gasteiger partial charge on any atom is -0.342 e. The Morgan fingerprint density at radius 3 is 2.52 bits per heavy atom. The van der Waals surface area contributed by atoms with Crippen LogP contribution in [-0.4, -0.2) is 9.49 Å². The summed E-state index contributed by atoms with van der Waals surface area (Å²) in [5.41, 5.74) is 6.33. The van der Waals surface area contributed by atoms with Gasteiger partial charge in [0.05, 0.1) is 4.92 Å². The van der Waals surface area contributed by atoms with E-state index in [1.54, 1.807) is 23.9 Å². The minimum atomic E-state index is -0.363. The summed E-state index contributed by atoms with van der Waals surface area (Å²) in [6, 6.07) is 21.9. The Morgan fingerprint density at radius 1 is 1.00 bits per heavy atom. The first-order valence-electron chi connectivity index (χ1n) is 9.51. The largest absolute Gasteiger partial charge is 0.342 e. The van der Waals surface area contributed by atoms with Gasteiger partial charge in [-0.1, -0.05) is 54.1 Å². The van der Waals surface area contributed by atoms with E-state index in [9.17, 15) is 10.1 Å². The van der Waals surface area contributed by atoms with Crippen LogP contribution in [0.5, 0.6) is 0 Å². The van der Waals surface area contributed by atoms with Crippen LogP contribution in [-0.2, 0) is 12.3 Å². The fourth-order valence-electron chi connectivity index (χ4n) is 3.49. The average molecular weight is 403 g/mol. The predicted molar refractivity (Wildman–Crippen MR) is 120 cm³/mol. The van der Waals surface area contributed by atoms with Gasteiger partial charge in [-0.05, 0) is 36.6 Å². The van der Waals surface area contributed by atoms with Gasteiger partial charge in [-0.2, -0.15) is 0 Å². The van der Waals surface area contributed by atoms with Crippen molar-refractivity contribution in [2.45, 2.75) is 31.0 Å². The van der Waals surface area contributed by atoms with E-state index in [0.29, 0.717) is 0 Å². The van der Waals surface area contributed by atoms with E-state index < -0.39 is 0 Å². The van der Waals surface area contributed by atoms with Gasteiger partial charge in [-0.15, -0.1) is 11.8 Å². The molecule has 1 heterocycles. The van der Waals surface area contributed by atoms with Crippen LogP contribution in [0.15, 0.2) is 77.8 Å². The molecule has 146 valence electrons. The van der Waals surface area contributed by atoms with E-state index in [-0.39, 0.29) is 10.6 Å². The SMILES string of the molecule is Cc1ccc(C)c(Cn2cc(SCc3ccc([N+](=O)[O-])cc3)c3ccccc32)c1. The lowest BCUT2D eigenvalue weighted by Crippen LogP contribution is -2.00. The number of aryl methyl sites for hydroxylation is 2. The van der Waals surface area contributed by atoms with Crippen molar-refractivity contribution in [3.8, 4) is 0 Å². The fourth-order valence-corrected chi connectivity index (χ4v) is 4.53. The number of aromatic nitrogens is 1. The molecule has 0 N–H and O–H groups in total. The molecular formula is C24H22N2O2S. The zero-order valence-corrected chi connectivity index (χ0v) is 17.3. The van der Waals surface area contributed by atoms with Gasteiger partial charge in [-0.25, -0.2) is 0 Å². The molecule has 0 bridgehead atoms. The first kappa shape index (κ1) is 19.3. The molecule has 0 aliphatic rings. The first-order chi connectivity index (χ1) is 14.0. The van der Waals surface area contributed by atoms with Gasteiger partial charge < -0.3 is 4.57 Å². The topological polar surface area (TPSA) is 48.1 Å². The Bertz CT molecular complexity index is 1180. The van der Waals surface area contributed by atoms with Crippen LogP contribution < -0.4 is 0 Å². The molecule has 4 nitrogen and oxygen atoms in total. The van der Waals surface area contributed by atoms with Gasteiger partial charge in [0.1, 0.15) is 0 Å². The number of non-ortho nitro benzene ring substituents is 1. The molecular weight excluding hydrogens is 380 g/mol. The Hall–Kier alpha value is -3.05. The molecule has 5 heteroatoms. The molecule has 0 unspecified atom stereocenters. The highest BCUT2D eigenvalue weighted by atomic mass is 32.2. The monoisotopic (exact) mass is 402 g/mol. The Balaban J connectivity index is 1.60. The minimum absolute atomic E-state index is 0.129. The molecule has 0 aliphatic carbocycles. The van der Waals surface area contributed by atoms with Crippen LogP contribution in [0.1, 0.15) is 22.3 Å². The normalized spacial score (nSPS) is 11.1. The molecule has 0 fully saturated rings. The van der Waals surface area contributed by atoms with Crippen molar-refractivity contribution in [2.75, 3.05) is 0 Å². The predicted octanol–water partition coefficient (Wildman–Crippen LogP) is 6.51. The van der Waals surface area contributed by atoms with Crippen LogP contribution in [0, 0.1) is 24.0 Å². The molecule has 0 atom stereocenters. The van der Waals surface area contributed by atoms with Gasteiger partial charge in [-0.3, -0.25) is 10.1 Å². The molecule has 1 aromatic heterocycles. The number of para-hydroxylation sites is 1. The summed E-state index contributed by atoms with van der Waals surface area (Å²) in [6.07, 6.45) is 2.22. The van der Waals surface area contributed by atoms with Crippen LogP contribution in [0.4, 0.5) is 5.69 Å². The zero-order chi connectivity index (χ0) is 20.4. The zero-order valence-electron chi connectivity index (χ0n) is 16.5. The Kier molecular flexibility index (Phi) is 5.41. The maximum atomic E-state index is 10.8. The number of benzene rings is 3. The van der Waals surface area contributed by atoms with Crippen molar-refractivity contribution in [3.05, 3.63) is 105 Å². The third-order valence-corrected chi connectivity index (χ3v) is 6.25. The van der Waals surface area contributed by atoms with E-state index in [1.807, 2.05) is 12.1 Å². The maximum absolute atomic E-state index is 10.8.